The van der Waals surface area contributed by atoms with Crippen LogP contribution in [0.4, 0.5) is 5.82 Å². The van der Waals surface area contributed by atoms with Gasteiger partial charge in [0, 0.05) is 12.2 Å². The van der Waals surface area contributed by atoms with E-state index in [-0.39, 0.29) is 0 Å². The SMILES string of the molecule is CCCCCn1c(N)c(C#N)c(C#N)c1CC. The van der Waals surface area contributed by atoms with Gasteiger partial charge in [0.15, 0.2) is 0 Å². The zero-order chi connectivity index (χ0) is 12.8. The first-order valence-electron chi connectivity index (χ1n) is 6.02. The minimum Gasteiger partial charge on any atom is -0.384 e. The molecule has 0 atom stereocenters. The van der Waals surface area contributed by atoms with Crippen molar-refractivity contribution in [3.05, 3.63) is 16.8 Å². The molecular weight excluding hydrogens is 212 g/mol. The second-order valence-electron chi connectivity index (χ2n) is 4.02. The van der Waals surface area contributed by atoms with Crippen molar-refractivity contribution in [1.29, 1.82) is 10.5 Å². The van der Waals surface area contributed by atoms with Crippen LogP contribution in [0.15, 0.2) is 0 Å². The van der Waals surface area contributed by atoms with E-state index in [4.69, 9.17) is 16.3 Å². The van der Waals surface area contributed by atoms with Crippen molar-refractivity contribution < 1.29 is 0 Å². The average molecular weight is 230 g/mol. The van der Waals surface area contributed by atoms with Crippen molar-refractivity contribution in [1.82, 2.24) is 4.57 Å². The summed E-state index contributed by atoms with van der Waals surface area (Å²) in [5.74, 6) is 0.442. The maximum absolute atomic E-state index is 9.10. The van der Waals surface area contributed by atoms with E-state index in [0.717, 1.165) is 37.9 Å². The number of hydrogen-bond donors (Lipinski definition) is 1. The number of anilines is 1. The molecule has 0 amide bonds. The molecule has 2 N–H and O–H groups in total. The largest absolute Gasteiger partial charge is 0.384 e. The van der Waals surface area contributed by atoms with E-state index in [1.165, 1.54) is 0 Å². The number of nitriles is 2. The highest BCUT2D eigenvalue weighted by atomic mass is 15.1. The summed E-state index contributed by atoms with van der Waals surface area (Å²) in [5, 5.41) is 18.1. The van der Waals surface area contributed by atoms with E-state index in [9.17, 15) is 0 Å². The van der Waals surface area contributed by atoms with E-state index in [1.54, 1.807) is 0 Å². The molecule has 0 bridgehead atoms. The zero-order valence-corrected chi connectivity index (χ0v) is 10.5. The molecule has 1 rings (SSSR count). The number of unbranched alkanes of at least 4 members (excludes halogenated alkanes) is 2. The molecule has 4 nitrogen and oxygen atoms in total. The molecule has 0 aliphatic heterocycles. The van der Waals surface area contributed by atoms with E-state index in [0.29, 0.717) is 16.9 Å². The quantitative estimate of drug-likeness (QED) is 0.789. The third-order valence-corrected chi connectivity index (χ3v) is 2.96. The molecule has 0 fully saturated rings. The van der Waals surface area contributed by atoms with Crippen LogP contribution in [0.2, 0.25) is 0 Å². The van der Waals surface area contributed by atoms with Crippen LogP contribution < -0.4 is 5.73 Å². The second kappa shape index (κ2) is 5.96. The number of aromatic nitrogens is 1. The molecule has 0 saturated heterocycles. The van der Waals surface area contributed by atoms with Crippen LogP contribution >= 0.6 is 0 Å². The predicted molar refractivity (Wildman–Crippen MR) is 67.2 cm³/mol. The molecule has 0 aliphatic rings. The number of rotatable bonds is 5. The highest BCUT2D eigenvalue weighted by Crippen LogP contribution is 2.25. The lowest BCUT2D eigenvalue weighted by Crippen LogP contribution is -2.07. The lowest BCUT2D eigenvalue weighted by molar-refractivity contribution is 0.593. The highest BCUT2D eigenvalue weighted by molar-refractivity contribution is 5.62. The maximum Gasteiger partial charge on any atom is 0.123 e. The van der Waals surface area contributed by atoms with Gasteiger partial charge in [-0.3, -0.25) is 0 Å². The first-order valence-corrected chi connectivity index (χ1v) is 6.02. The molecule has 0 aliphatic carbocycles. The Kier molecular flexibility index (Phi) is 4.60. The van der Waals surface area contributed by atoms with Crippen LogP contribution in [0.25, 0.3) is 0 Å². The van der Waals surface area contributed by atoms with Crippen molar-refractivity contribution in [3.8, 4) is 12.1 Å². The van der Waals surface area contributed by atoms with Gasteiger partial charge in [-0.05, 0) is 12.8 Å². The van der Waals surface area contributed by atoms with Crippen LogP contribution in [0.5, 0.6) is 0 Å². The van der Waals surface area contributed by atoms with Gasteiger partial charge >= 0.3 is 0 Å². The number of nitrogens with zero attached hydrogens (tertiary/aromatic N) is 3. The molecule has 1 aromatic rings. The van der Waals surface area contributed by atoms with E-state index < -0.39 is 0 Å². The van der Waals surface area contributed by atoms with Crippen molar-refractivity contribution in [3.63, 3.8) is 0 Å². The Morgan fingerprint density at radius 1 is 1.12 bits per heavy atom. The molecule has 1 aromatic heterocycles. The van der Waals surface area contributed by atoms with Gasteiger partial charge in [-0.1, -0.05) is 26.7 Å². The van der Waals surface area contributed by atoms with Gasteiger partial charge in [0.25, 0.3) is 0 Å². The van der Waals surface area contributed by atoms with Crippen molar-refractivity contribution in [2.45, 2.75) is 46.1 Å². The Labute approximate surface area is 102 Å². The van der Waals surface area contributed by atoms with Gasteiger partial charge in [-0.2, -0.15) is 10.5 Å². The smallest absolute Gasteiger partial charge is 0.123 e. The second-order valence-corrected chi connectivity index (χ2v) is 4.02. The fraction of sp³-hybridized carbons (Fsp3) is 0.538. The zero-order valence-electron chi connectivity index (χ0n) is 10.5. The molecule has 0 radical (unpaired) electrons. The monoisotopic (exact) mass is 230 g/mol. The molecule has 90 valence electrons. The fourth-order valence-electron chi connectivity index (χ4n) is 2.06. The van der Waals surface area contributed by atoms with Crippen LogP contribution in [-0.4, -0.2) is 4.57 Å². The third-order valence-electron chi connectivity index (χ3n) is 2.96. The minimum absolute atomic E-state index is 0.334. The Balaban J connectivity index is 3.16. The van der Waals surface area contributed by atoms with Crippen molar-refractivity contribution in [2.75, 3.05) is 5.73 Å². The number of hydrogen-bond acceptors (Lipinski definition) is 3. The van der Waals surface area contributed by atoms with E-state index in [2.05, 4.69) is 13.0 Å². The van der Waals surface area contributed by atoms with Crippen LogP contribution in [0.1, 0.15) is 49.9 Å². The van der Waals surface area contributed by atoms with E-state index in [1.807, 2.05) is 17.6 Å². The van der Waals surface area contributed by atoms with Gasteiger partial charge < -0.3 is 10.3 Å². The lowest BCUT2D eigenvalue weighted by atomic mass is 10.1. The van der Waals surface area contributed by atoms with Crippen LogP contribution in [0, 0.1) is 22.7 Å². The maximum atomic E-state index is 9.10. The van der Waals surface area contributed by atoms with Gasteiger partial charge in [0.05, 0.1) is 5.56 Å². The molecule has 1 heterocycles. The third kappa shape index (κ3) is 2.42. The van der Waals surface area contributed by atoms with Crippen LogP contribution in [-0.2, 0) is 13.0 Å². The van der Waals surface area contributed by atoms with Gasteiger partial charge in [-0.15, -0.1) is 0 Å². The first-order chi connectivity index (χ1) is 8.21. The minimum atomic E-state index is 0.334. The molecule has 17 heavy (non-hydrogen) atoms. The lowest BCUT2D eigenvalue weighted by Gasteiger charge is -2.09. The van der Waals surface area contributed by atoms with Crippen molar-refractivity contribution in [2.24, 2.45) is 0 Å². The summed E-state index contributed by atoms with van der Waals surface area (Å²) in [6, 6.07) is 4.13. The summed E-state index contributed by atoms with van der Waals surface area (Å²) in [4.78, 5) is 0. The molecule has 0 aromatic carbocycles. The fourth-order valence-corrected chi connectivity index (χ4v) is 2.06. The number of nitrogens with two attached hydrogens (primary N) is 1. The summed E-state index contributed by atoms with van der Waals surface area (Å²) in [7, 11) is 0. The number of nitrogen functional groups attached to an aromatic ring is 1. The molecule has 0 saturated carbocycles. The average Bonchev–Trinajstić information content (AvgIpc) is 2.61. The first kappa shape index (κ1) is 13.1. The summed E-state index contributed by atoms with van der Waals surface area (Å²) in [5.41, 5.74) is 7.61. The molecular formula is C13H18N4. The standard InChI is InChI=1S/C13H18N4/c1-3-5-6-7-17-12(4-2)10(8-14)11(9-15)13(17)16/h3-7,16H2,1-2H3. The Morgan fingerprint density at radius 3 is 2.24 bits per heavy atom. The summed E-state index contributed by atoms with van der Waals surface area (Å²) in [6.07, 6.45) is 4.02. The topological polar surface area (TPSA) is 78.5 Å². The van der Waals surface area contributed by atoms with Crippen molar-refractivity contribution >= 4 is 5.82 Å². The summed E-state index contributed by atoms with van der Waals surface area (Å²) >= 11 is 0. The Bertz CT molecular complexity index is 471. The Hall–Kier alpha value is -1.94. The molecule has 0 unspecified atom stereocenters. The predicted octanol–water partition coefficient (Wildman–Crippen LogP) is 2.57. The van der Waals surface area contributed by atoms with Gasteiger partial charge in [0.2, 0.25) is 0 Å². The van der Waals surface area contributed by atoms with Gasteiger partial charge in [0.1, 0.15) is 23.5 Å². The molecule has 0 spiro atoms. The van der Waals surface area contributed by atoms with Crippen LogP contribution in [0.3, 0.4) is 0 Å². The normalized spacial score (nSPS) is 9.88. The highest BCUT2D eigenvalue weighted by Gasteiger charge is 2.19. The molecule has 4 heteroatoms. The Morgan fingerprint density at radius 2 is 1.76 bits per heavy atom. The van der Waals surface area contributed by atoms with Gasteiger partial charge in [-0.25, -0.2) is 0 Å². The summed E-state index contributed by atoms with van der Waals surface area (Å²) in [6.45, 7) is 4.91. The van der Waals surface area contributed by atoms with E-state index >= 15 is 0 Å². The summed E-state index contributed by atoms with van der Waals surface area (Å²) < 4.78 is 1.92.